The minimum atomic E-state index is -0.408. The molecule has 3 amide bonds. The van der Waals surface area contributed by atoms with Gasteiger partial charge in [0.05, 0.1) is 18.5 Å². The summed E-state index contributed by atoms with van der Waals surface area (Å²) in [7, 11) is 1.59. The van der Waals surface area contributed by atoms with Gasteiger partial charge in [0.1, 0.15) is 5.82 Å². The first kappa shape index (κ1) is 15.8. The van der Waals surface area contributed by atoms with E-state index in [0.29, 0.717) is 18.8 Å². The van der Waals surface area contributed by atoms with Crippen molar-refractivity contribution in [2.45, 2.75) is 18.9 Å². The third-order valence-electron chi connectivity index (χ3n) is 3.48. The van der Waals surface area contributed by atoms with Crippen LogP contribution in [0.15, 0.2) is 24.3 Å². The number of rotatable bonds is 4. The number of urea groups is 1. The number of nitrogens with zero attached hydrogens (tertiary/aromatic N) is 3. The summed E-state index contributed by atoms with van der Waals surface area (Å²) in [4.78, 5) is 26.8. The Morgan fingerprint density at radius 2 is 2.36 bits per heavy atom. The molecule has 0 saturated carbocycles. The van der Waals surface area contributed by atoms with E-state index >= 15 is 0 Å². The van der Waals surface area contributed by atoms with Gasteiger partial charge in [0, 0.05) is 32.2 Å². The average molecular weight is 304 g/mol. The van der Waals surface area contributed by atoms with E-state index in [4.69, 9.17) is 5.26 Å². The van der Waals surface area contributed by atoms with Gasteiger partial charge in [-0.15, -0.1) is 0 Å². The molecule has 6 nitrogen and oxygen atoms in total. The van der Waals surface area contributed by atoms with E-state index in [2.05, 4.69) is 5.32 Å². The first-order valence-corrected chi connectivity index (χ1v) is 6.95. The normalized spacial score (nSPS) is 17.2. The lowest BCUT2D eigenvalue weighted by Crippen LogP contribution is -2.44. The van der Waals surface area contributed by atoms with Crippen LogP contribution in [0.5, 0.6) is 0 Å². The molecular weight excluding hydrogens is 287 g/mol. The fraction of sp³-hybridized carbons (Fsp3) is 0.400. The Balaban J connectivity index is 1.95. The molecule has 0 spiro atoms. The molecule has 116 valence electrons. The molecular formula is C15H17FN4O2. The van der Waals surface area contributed by atoms with E-state index in [-0.39, 0.29) is 30.8 Å². The summed E-state index contributed by atoms with van der Waals surface area (Å²) < 4.78 is 13.2. The molecule has 0 aromatic heterocycles. The van der Waals surface area contributed by atoms with Gasteiger partial charge in [-0.3, -0.25) is 4.79 Å². The smallest absolute Gasteiger partial charge is 0.317 e. The first-order chi connectivity index (χ1) is 10.5. The molecule has 0 radical (unpaired) electrons. The maximum Gasteiger partial charge on any atom is 0.317 e. The quantitative estimate of drug-likeness (QED) is 0.915. The molecule has 22 heavy (non-hydrogen) atoms. The van der Waals surface area contributed by atoms with Crippen molar-refractivity contribution in [3.63, 3.8) is 0 Å². The largest absolute Gasteiger partial charge is 0.333 e. The predicted octanol–water partition coefficient (Wildman–Crippen LogP) is 1.49. The fourth-order valence-corrected chi connectivity index (χ4v) is 2.30. The molecule has 1 atom stereocenters. The standard InChI is InChI=1S/C15H17FN4O2/c1-19(7-3-6-17)15(22)18-12-9-14(21)20(10-12)13-5-2-4-11(16)8-13/h2,4-5,8,12H,3,7,9-10H2,1H3,(H,18,22). The van der Waals surface area contributed by atoms with E-state index < -0.39 is 5.82 Å². The maximum absolute atomic E-state index is 13.2. The zero-order chi connectivity index (χ0) is 16.1. The van der Waals surface area contributed by atoms with E-state index in [1.807, 2.05) is 6.07 Å². The first-order valence-electron chi connectivity index (χ1n) is 6.95. The second kappa shape index (κ2) is 6.89. The van der Waals surface area contributed by atoms with Crippen molar-refractivity contribution in [1.29, 1.82) is 5.26 Å². The van der Waals surface area contributed by atoms with Gasteiger partial charge in [-0.2, -0.15) is 5.26 Å². The van der Waals surface area contributed by atoms with Gasteiger partial charge >= 0.3 is 6.03 Å². The van der Waals surface area contributed by atoms with Crippen molar-refractivity contribution < 1.29 is 14.0 Å². The van der Waals surface area contributed by atoms with Gasteiger partial charge in [-0.25, -0.2) is 9.18 Å². The number of hydrogen-bond donors (Lipinski definition) is 1. The maximum atomic E-state index is 13.2. The third kappa shape index (κ3) is 3.73. The van der Waals surface area contributed by atoms with Gasteiger partial charge in [0.15, 0.2) is 0 Å². The van der Waals surface area contributed by atoms with Crippen molar-refractivity contribution in [2.24, 2.45) is 0 Å². The van der Waals surface area contributed by atoms with Crippen LogP contribution in [0.1, 0.15) is 12.8 Å². The molecule has 1 aromatic carbocycles. The highest BCUT2D eigenvalue weighted by Gasteiger charge is 2.32. The topological polar surface area (TPSA) is 76.4 Å². The highest BCUT2D eigenvalue weighted by Crippen LogP contribution is 2.22. The Morgan fingerprint density at radius 1 is 1.59 bits per heavy atom. The van der Waals surface area contributed by atoms with Gasteiger partial charge in [0.2, 0.25) is 5.91 Å². The molecule has 1 aromatic rings. The van der Waals surface area contributed by atoms with Crippen LogP contribution in [0, 0.1) is 17.1 Å². The van der Waals surface area contributed by atoms with Crippen molar-refractivity contribution >= 4 is 17.6 Å². The number of amides is 3. The van der Waals surface area contributed by atoms with Crippen LogP contribution in [0.25, 0.3) is 0 Å². The Labute approximate surface area is 128 Å². The van der Waals surface area contributed by atoms with Gasteiger partial charge in [0.25, 0.3) is 0 Å². The van der Waals surface area contributed by atoms with Crippen LogP contribution in [0.4, 0.5) is 14.9 Å². The van der Waals surface area contributed by atoms with Crippen LogP contribution in [0.2, 0.25) is 0 Å². The number of benzene rings is 1. The van der Waals surface area contributed by atoms with E-state index in [1.54, 1.807) is 19.2 Å². The highest BCUT2D eigenvalue weighted by molar-refractivity contribution is 5.96. The Bertz CT molecular complexity index is 614. The van der Waals surface area contributed by atoms with E-state index in [1.165, 1.54) is 21.9 Å². The average Bonchev–Trinajstić information content (AvgIpc) is 2.85. The summed E-state index contributed by atoms with van der Waals surface area (Å²) in [6.45, 7) is 0.636. The van der Waals surface area contributed by atoms with Gasteiger partial charge in [-0.05, 0) is 18.2 Å². The lowest BCUT2D eigenvalue weighted by Gasteiger charge is -2.20. The molecule has 1 fully saturated rings. The molecule has 1 saturated heterocycles. The van der Waals surface area contributed by atoms with Crippen molar-refractivity contribution in [3.8, 4) is 6.07 Å². The van der Waals surface area contributed by atoms with Crippen molar-refractivity contribution in [1.82, 2.24) is 10.2 Å². The van der Waals surface area contributed by atoms with Gasteiger partial charge < -0.3 is 15.1 Å². The van der Waals surface area contributed by atoms with E-state index in [0.717, 1.165) is 0 Å². The van der Waals surface area contributed by atoms with Crippen molar-refractivity contribution in [2.75, 3.05) is 25.0 Å². The number of anilines is 1. The molecule has 1 aliphatic heterocycles. The lowest BCUT2D eigenvalue weighted by molar-refractivity contribution is -0.117. The summed E-state index contributed by atoms with van der Waals surface area (Å²) in [6, 6.07) is 7.12. The molecule has 1 aliphatic rings. The highest BCUT2D eigenvalue weighted by atomic mass is 19.1. The minimum Gasteiger partial charge on any atom is -0.333 e. The Kier molecular flexibility index (Phi) is 4.94. The minimum absolute atomic E-state index is 0.157. The zero-order valence-electron chi connectivity index (χ0n) is 12.3. The fourth-order valence-electron chi connectivity index (χ4n) is 2.30. The number of hydrogen-bond acceptors (Lipinski definition) is 3. The summed E-state index contributed by atoms with van der Waals surface area (Å²) in [5.74, 6) is -0.565. The van der Waals surface area contributed by atoms with Crippen LogP contribution in [-0.2, 0) is 4.79 Å². The number of nitriles is 1. The number of carbonyl (C=O) groups is 2. The molecule has 0 aliphatic carbocycles. The third-order valence-corrected chi connectivity index (χ3v) is 3.48. The Morgan fingerprint density at radius 3 is 3.05 bits per heavy atom. The van der Waals surface area contributed by atoms with Crippen LogP contribution >= 0.6 is 0 Å². The summed E-state index contributed by atoms with van der Waals surface area (Å²) in [5, 5.41) is 11.3. The van der Waals surface area contributed by atoms with E-state index in [9.17, 15) is 14.0 Å². The predicted molar refractivity (Wildman–Crippen MR) is 78.5 cm³/mol. The van der Waals surface area contributed by atoms with Crippen LogP contribution in [0.3, 0.4) is 0 Å². The van der Waals surface area contributed by atoms with Crippen molar-refractivity contribution in [3.05, 3.63) is 30.1 Å². The molecule has 1 N–H and O–H groups in total. The number of nitrogens with one attached hydrogen (secondary N) is 1. The molecule has 1 unspecified atom stereocenters. The zero-order valence-corrected chi connectivity index (χ0v) is 12.3. The summed E-state index contributed by atoms with van der Waals surface area (Å²) in [5.41, 5.74) is 0.486. The summed E-state index contributed by atoms with van der Waals surface area (Å²) in [6.07, 6.45) is 0.428. The van der Waals surface area contributed by atoms with Crippen LogP contribution < -0.4 is 10.2 Å². The number of carbonyl (C=O) groups excluding carboxylic acids is 2. The lowest BCUT2D eigenvalue weighted by atomic mass is 10.2. The monoisotopic (exact) mass is 304 g/mol. The molecule has 2 rings (SSSR count). The van der Waals surface area contributed by atoms with Crippen LogP contribution in [-0.4, -0.2) is 43.0 Å². The summed E-state index contributed by atoms with van der Waals surface area (Å²) >= 11 is 0. The molecule has 1 heterocycles. The molecule has 0 bridgehead atoms. The Hall–Kier alpha value is -2.62. The second-order valence-electron chi connectivity index (χ2n) is 5.16. The number of halogens is 1. The van der Waals surface area contributed by atoms with Gasteiger partial charge in [-0.1, -0.05) is 6.07 Å². The second-order valence-corrected chi connectivity index (χ2v) is 5.16. The SMILES string of the molecule is CN(CCC#N)C(=O)NC1CC(=O)N(c2cccc(F)c2)C1. The molecule has 7 heteroatoms.